The van der Waals surface area contributed by atoms with Gasteiger partial charge in [-0.1, -0.05) is 13.3 Å². The van der Waals surface area contributed by atoms with Gasteiger partial charge in [0.25, 0.3) is 0 Å². The zero-order valence-corrected chi connectivity index (χ0v) is 14.3. The zero-order valence-electron chi connectivity index (χ0n) is 13.5. The average Bonchev–Trinajstić information content (AvgIpc) is 2.56. The second-order valence-corrected chi connectivity index (χ2v) is 7.26. The molecule has 1 amide bonds. The monoisotopic (exact) mass is 329 g/mol. The number of amides is 1. The normalized spacial score (nSPS) is 21.2. The maximum absolute atomic E-state index is 12.0. The van der Waals surface area contributed by atoms with E-state index in [0.29, 0.717) is 0 Å². The largest absolute Gasteiger partial charge is 0.459 e. The summed E-state index contributed by atoms with van der Waals surface area (Å²) in [5, 5.41) is 0. The van der Waals surface area contributed by atoms with Crippen LogP contribution in [-0.4, -0.2) is 53.8 Å². The predicted molar refractivity (Wildman–Crippen MR) is 87.1 cm³/mol. The van der Waals surface area contributed by atoms with Crippen molar-refractivity contribution in [2.75, 3.05) is 31.2 Å². The number of ether oxygens (including phenoxy) is 2. The molecule has 0 unspecified atom stereocenters. The molecule has 2 aliphatic rings. The van der Waals surface area contributed by atoms with Crippen molar-refractivity contribution in [3.05, 3.63) is 0 Å². The first kappa shape index (κ1) is 17.4. The molecule has 0 bridgehead atoms. The van der Waals surface area contributed by atoms with Gasteiger partial charge in [-0.15, -0.1) is 0 Å². The van der Waals surface area contributed by atoms with Gasteiger partial charge in [0.2, 0.25) is 0 Å². The maximum atomic E-state index is 12.0. The van der Waals surface area contributed by atoms with Crippen LogP contribution in [0.3, 0.4) is 0 Å². The summed E-state index contributed by atoms with van der Waals surface area (Å²) in [6, 6.07) is 0. The molecule has 0 atom stereocenters. The first-order valence-electron chi connectivity index (χ1n) is 8.36. The van der Waals surface area contributed by atoms with Gasteiger partial charge in [-0.25, -0.2) is 4.79 Å². The maximum Gasteiger partial charge on any atom is 0.409 e. The van der Waals surface area contributed by atoms with E-state index < -0.39 is 0 Å². The molecule has 5 nitrogen and oxygen atoms in total. The zero-order chi connectivity index (χ0) is 15.8. The Balaban J connectivity index is 1.67. The van der Waals surface area contributed by atoms with Crippen LogP contribution in [0.1, 0.15) is 51.9 Å². The van der Waals surface area contributed by atoms with Crippen molar-refractivity contribution >= 4 is 23.8 Å². The SMILES string of the molecule is CCC1(OC(=O)CCOC(=O)N2CCSCC2)CCCCC1. The molecule has 2 fully saturated rings. The number of hydrogen-bond acceptors (Lipinski definition) is 5. The Kier molecular flexibility index (Phi) is 6.86. The van der Waals surface area contributed by atoms with Crippen LogP contribution in [0.15, 0.2) is 0 Å². The third-order valence-corrected chi connectivity index (χ3v) is 5.48. The molecule has 0 radical (unpaired) electrons. The summed E-state index contributed by atoms with van der Waals surface area (Å²) in [6.07, 6.45) is 6.11. The van der Waals surface area contributed by atoms with E-state index in [4.69, 9.17) is 9.47 Å². The van der Waals surface area contributed by atoms with Gasteiger partial charge in [0.05, 0.1) is 6.42 Å². The van der Waals surface area contributed by atoms with E-state index in [-0.39, 0.29) is 30.7 Å². The van der Waals surface area contributed by atoms with Crippen LogP contribution in [0.25, 0.3) is 0 Å². The standard InChI is InChI=1S/C16H27NO4S/c1-2-16(7-4-3-5-8-16)21-14(18)6-11-20-15(19)17-9-12-22-13-10-17/h2-13H2,1H3. The first-order valence-corrected chi connectivity index (χ1v) is 9.52. The number of nitrogens with zero attached hydrogens (tertiary/aromatic N) is 1. The van der Waals surface area contributed by atoms with Crippen molar-refractivity contribution < 1.29 is 19.1 Å². The Morgan fingerprint density at radius 3 is 2.45 bits per heavy atom. The lowest BCUT2D eigenvalue weighted by molar-refractivity contribution is -0.164. The molecule has 0 aromatic carbocycles. The average molecular weight is 329 g/mol. The molecule has 126 valence electrons. The van der Waals surface area contributed by atoms with Crippen molar-refractivity contribution in [1.29, 1.82) is 0 Å². The lowest BCUT2D eigenvalue weighted by Gasteiger charge is -2.36. The summed E-state index contributed by atoms with van der Waals surface area (Å²) >= 11 is 1.84. The highest BCUT2D eigenvalue weighted by Crippen LogP contribution is 2.34. The molecule has 1 heterocycles. The highest BCUT2D eigenvalue weighted by Gasteiger charge is 2.34. The van der Waals surface area contributed by atoms with Gasteiger partial charge in [-0.05, 0) is 32.1 Å². The molecule has 1 saturated heterocycles. The summed E-state index contributed by atoms with van der Waals surface area (Å²) in [5.74, 6) is 1.66. The summed E-state index contributed by atoms with van der Waals surface area (Å²) in [6.45, 7) is 3.65. The molecule has 1 saturated carbocycles. The van der Waals surface area contributed by atoms with E-state index >= 15 is 0 Å². The van der Waals surface area contributed by atoms with Gasteiger partial charge in [0.1, 0.15) is 12.2 Å². The van der Waals surface area contributed by atoms with Crippen LogP contribution in [-0.2, 0) is 14.3 Å². The molecule has 1 aliphatic carbocycles. The minimum Gasteiger partial charge on any atom is -0.459 e. The van der Waals surface area contributed by atoms with Crippen molar-refractivity contribution in [3.63, 3.8) is 0 Å². The molecule has 0 N–H and O–H groups in total. The molecule has 6 heteroatoms. The summed E-state index contributed by atoms with van der Waals surface area (Å²) in [5.41, 5.74) is -0.274. The van der Waals surface area contributed by atoms with Crippen molar-refractivity contribution in [1.82, 2.24) is 4.90 Å². The summed E-state index contributed by atoms with van der Waals surface area (Å²) in [4.78, 5) is 25.5. The third kappa shape index (κ3) is 5.07. The number of esters is 1. The number of carbonyl (C=O) groups excluding carboxylic acids is 2. The quantitative estimate of drug-likeness (QED) is 0.725. The Hall–Kier alpha value is -0.910. The second-order valence-electron chi connectivity index (χ2n) is 6.04. The fourth-order valence-electron chi connectivity index (χ4n) is 3.08. The number of carbonyl (C=O) groups is 2. The summed E-state index contributed by atoms with van der Waals surface area (Å²) < 4.78 is 10.9. The van der Waals surface area contributed by atoms with Crippen LogP contribution in [0, 0.1) is 0 Å². The van der Waals surface area contributed by atoms with E-state index in [1.54, 1.807) is 4.90 Å². The topological polar surface area (TPSA) is 55.8 Å². The molecule has 0 spiro atoms. The van der Waals surface area contributed by atoms with Crippen LogP contribution in [0.4, 0.5) is 4.79 Å². The van der Waals surface area contributed by atoms with Gasteiger partial charge in [0.15, 0.2) is 0 Å². The molecular formula is C16H27NO4S. The van der Waals surface area contributed by atoms with Crippen molar-refractivity contribution in [3.8, 4) is 0 Å². The van der Waals surface area contributed by atoms with Crippen LogP contribution in [0.5, 0.6) is 0 Å². The van der Waals surface area contributed by atoms with Crippen LogP contribution < -0.4 is 0 Å². The number of thioether (sulfide) groups is 1. The van der Waals surface area contributed by atoms with Gasteiger partial charge in [-0.3, -0.25) is 4.79 Å². The van der Waals surface area contributed by atoms with Crippen LogP contribution in [0.2, 0.25) is 0 Å². The first-order chi connectivity index (χ1) is 10.7. The van der Waals surface area contributed by atoms with Crippen molar-refractivity contribution in [2.45, 2.75) is 57.5 Å². The molecule has 0 aromatic rings. The van der Waals surface area contributed by atoms with Crippen molar-refractivity contribution in [2.24, 2.45) is 0 Å². The molecule has 22 heavy (non-hydrogen) atoms. The molecule has 0 aromatic heterocycles. The Labute approximate surface area is 137 Å². The fraction of sp³-hybridized carbons (Fsp3) is 0.875. The Morgan fingerprint density at radius 1 is 1.14 bits per heavy atom. The van der Waals surface area contributed by atoms with Crippen LogP contribution >= 0.6 is 11.8 Å². The van der Waals surface area contributed by atoms with E-state index in [0.717, 1.165) is 56.7 Å². The molecular weight excluding hydrogens is 302 g/mol. The van der Waals surface area contributed by atoms with Gasteiger partial charge in [-0.2, -0.15) is 11.8 Å². The highest BCUT2D eigenvalue weighted by atomic mass is 32.2. The molecule has 1 aliphatic heterocycles. The smallest absolute Gasteiger partial charge is 0.409 e. The van der Waals surface area contributed by atoms with Gasteiger partial charge >= 0.3 is 12.1 Å². The van der Waals surface area contributed by atoms with Gasteiger partial charge in [0, 0.05) is 24.6 Å². The minimum atomic E-state index is -0.309. The lowest BCUT2D eigenvalue weighted by Crippen LogP contribution is -2.39. The predicted octanol–water partition coefficient (Wildman–Crippen LogP) is 3.22. The van der Waals surface area contributed by atoms with Gasteiger partial charge < -0.3 is 14.4 Å². The van der Waals surface area contributed by atoms with E-state index in [2.05, 4.69) is 6.92 Å². The number of rotatable bonds is 5. The Bertz CT molecular complexity index is 376. The van der Waals surface area contributed by atoms with E-state index in [1.807, 2.05) is 11.8 Å². The third-order valence-electron chi connectivity index (χ3n) is 4.54. The fourth-order valence-corrected chi connectivity index (χ4v) is 3.98. The van der Waals surface area contributed by atoms with E-state index in [1.165, 1.54) is 6.42 Å². The highest BCUT2D eigenvalue weighted by molar-refractivity contribution is 7.99. The summed E-state index contributed by atoms with van der Waals surface area (Å²) in [7, 11) is 0. The second kappa shape index (κ2) is 8.65. The minimum absolute atomic E-state index is 0.112. The Morgan fingerprint density at radius 2 is 1.82 bits per heavy atom. The molecule has 2 rings (SSSR count). The van der Waals surface area contributed by atoms with E-state index in [9.17, 15) is 9.59 Å². The lowest BCUT2D eigenvalue weighted by atomic mass is 9.83. The number of hydrogen-bond donors (Lipinski definition) is 0.